The molecule has 0 unspecified atom stereocenters. The maximum absolute atomic E-state index is 12.0. The molecule has 0 spiro atoms. The summed E-state index contributed by atoms with van der Waals surface area (Å²) in [6.45, 7) is 2.16. The van der Waals surface area contributed by atoms with E-state index in [-0.39, 0.29) is 24.9 Å². The lowest BCUT2D eigenvalue weighted by molar-refractivity contribution is -0.677. The highest BCUT2D eigenvalue weighted by Gasteiger charge is 2.15. The Kier molecular flexibility index (Phi) is 5.87. The molecule has 0 aliphatic carbocycles. The first-order valence-electron chi connectivity index (χ1n) is 5.74. The van der Waals surface area contributed by atoms with E-state index in [4.69, 9.17) is 23.2 Å². The predicted molar refractivity (Wildman–Crippen MR) is 75.4 cm³/mol. The maximum Gasteiger partial charge on any atom is 0.266 e. The van der Waals surface area contributed by atoms with Crippen molar-refractivity contribution in [2.45, 2.75) is 13.5 Å². The molecule has 108 valence electrons. The number of benzene rings is 1. The van der Waals surface area contributed by atoms with E-state index in [2.05, 4.69) is 5.32 Å². The number of hydrogen-bond donors (Lipinski definition) is 1. The lowest BCUT2D eigenvalue weighted by atomic mass is 10.3. The number of halogens is 3. The number of para-hydroxylation sites is 1. The number of nitrogens with zero attached hydrogens (tertiary/aromatic N) is 2. The van der Waals surface area contributed by atoms with Gasteiger partial charge in [0.2, 0.25) is 0 Å². The molecule has 2 aromatic rings. The number of nitrogens with one attached hydrogen (secondary N) is 1. The summed E-state index contributed by atoms with van der Waals surface area (Å²) in [5.74, 6) is 0.815. The number of anilines is 1. The van der Waals surface area contributed by atoms with Crippen LogP contribution in [0, 0.1) is 6.92 Å². The van der Waals surface area contributed by atoms with Crippen LogP contribution in [0.3, 0.4) is 0 Å². The quantitative estimate of drug-likeness (QED) is 0.760. The second-order valence-electron chi connectivity index (χ2n) is 4.23. The average Bonchev–Trinajstić information content (AvgIpc) is 2.66. The Bertz CT molecular complexity index is 605. The van der Waals surface area contributed by atoms with Crippen LogP contribution in [0.5, 0.6) is 0 Å². The van der Waals surface area contributed by atoms with Crippen LogP contribution in [0.25, 0.3) is 0 Å². The molecule has 20 heavy (non-hydrogen) atoms. The van der Waals surface area contributed by atoms with Gasteiger partial charge in [0.15, 0.2) is 6.54 Å². The zero-order valence-corrected chi connectivity index (χ0v) is 13.3. The average molecular weight is 335 g/mol. The summed E-state index contributed by atoms with van der Waals surface area (Å²) in [6.07, 6.45) is 3.74. The minimum Gasteiger partial charge on any atom is -1.00 e. The summed E-state index contributed by atoms with van der Waals surface area (Å²) in [5, 5.41) is 3.58. The number of imidazole rings is 1. The van der Waals surface area contributed by atoms with Crippen molar-refractivity contribution in [1.29, 1.82) is 0 Å². The van der Waals surface area contributed by atoms with Gasteiger partial charge in [0.05, 0.1) is 22.8 Å². The number of aromatic nitrogens is 2. The van der Waals surface area contributed by atoms with Crippen molar-refractivity contribution in [1.82, 2.24) is 4.57 Å². The van der Waals surface area contributed by atoms with Crippen molar-refractivity contribution < 1.29 is 21.8 Å². The molecule has 0 fully saturated rings. The highest BCUT2D eigenvalue weighted by Crippen LogP contribution is 2.29. The van der Waals surface area contributed by atoms with Gasteiger partial charge in [0.25, 0.3) is 11.7 Å². The van der Waals surface area contributed by atoms with E-state index in [0.717, 1.165) is 5.82 Å². The van der Waals surface area contributed by atoms with E-state index in [9.17, 15) is 4.79 Å². The molecular weight excluding hydrogens is 321 g/mol. The summed E-state index contributed by atoms with van der Waals surface area (Å²) in [5.41, 5.74) is 0.449. The first-order valence-corrected chi connectivity index (χ1v) is 6.50. The van der Waals surface area contributed by atoms with Crippen LogP contribution in [-0.2, 0) is 18.4 Å². The molecule has 0 aliphatic rings. The van der Waals surface area contributed by atoms with Crippen molar-refractivity contribution >= 4 is 34.8 Å². The van der Waals surface area contributed by atoms with Crippen molar-refractivity contribution in [3.63, 3.8) is 0 Å². The molecule has 1 aromatic carbocycles. The fraction of sp³-hybridized carbons (Fsp3) is 0.231. The van der Waals surface area contributed by atoms with E-state index in [1.54, 1.807) is 18.2 Å². The third-order valence-corrected chi connectivity index (χ3v) is 3.57. The van der Waals surface area contributed by atoms with Gasteiger partial charge in [-0.15, -0.1) is 0 Å². The van der Waals surface area contributed by atoms with Crippen LogP contribution in [0.1, 0.15) is 5.82 Å². The largest absolute Gasteiger partial charge is 1.00 e. The molecule has 1 N–H and O–H groups in total. The second kappa shape index (κ2) is 6.97. The van der Waals surface area contributed by atoms with Crippen LogP contribution in [0.15, 0.2) is 30.6 Å². The molecule has 1 amide bonds. The van der Waals surface area contributed by atoms with Gasteiger partial charge in [-0.3, -0.25) is 4.79 Å². The van der Waals surface area contributed by atoms with Gasteiger partial charge in [-0.05, 0) is 12.1 Å². The van der Waals surface area contributed by atoms with Gasteiger partial charge in [-0.25, -0.2) is 9.13 Å². The number of carbonyl (C=O) groups excluding carboxylic acids is 1. The predicted octanol–water partition coefficient (Wildman–Crippen LogP) is -0.429. The molecule has 7 heteroatoms. The van der Waals surface area contributed by atoms with Crippen LogP contribution in [0.2, 0.25) is 10.0 Å². The molecule has 0 aliphatic heterocycles. The van der Waals surface area contributed by atoms with Crippen LogP contribution < -0.4 is 22.3 Å². The number of amides is 1. The first-order chi connectivity index (χ1) is 8.99. The molecular formula is C13H14Cl3N3O. The smallest absolute Gasteiger partial charge is 0.266 e. The Morgan fingerprint density at radius 2 is 1.95 bits per heavy atom. The number of rotatable bonds is 3. The van der Waals surface area contributed by atoms with E-state index in [0.29, 0.717) is 15.7 Å². The Balaban J connectivity index is 0.00000200. The zero-order chi connectivity index (χ0) is 14.0. The van der Waals surface area contributed by atoms with Crippen molar-refractivity contribution in [3.8, 4) is 0 Å². The van der Waals surface area contributed by atoms with Crippen molar-refractivity contribution in [3.05, 3.63) is 46.5 Å². The second-order valence-corrected chi connectivity index (χ2v) is 5.04. The fourth-order valence-corrected chi connectivity index (χ4v) is 2.21. The topological polar surface area (TPSA) is 37.9 Å². The highest BCUT2D eigenvalue weighted by atomic mass is 35.5. The van der Waals surface area contributed by atoms with Crippen molar-refractivity contribution in [2.75, 3.05) is 5.32 Å². The highest BCUT2D eigenvalue weighted by molar-refractivity contribution is 6.39. The third kappa shape index (κ3) is 3.66. The summed E-state index contributed by atoms with van der Waals surface area (Å²) >= 11 is 12.0. The van der Waals surface area contributed by atoms with Gasteiger partial charge >= 0.3 is 0 Å². The van der Waals surface area contributed by atoms with Gasteiger partial charge in [0, 0.05) is 6.92 Å². The molecule has 0 saturated carbocycles. The fourth-order valence-electron chi connectivity index (χ4n) is 1.72. The number of hydrogen-bond acceptors (Lipinski definition) is 1. The summed E-state index contributed by atoms with van der Waals surface area (Å²) in [4.78, 5) is 12.0. The van der Waals surface area contributed by atoms with Gasteiger partial charge in [0.1, 0.15) is 12.4 Å². The molecule has 0 atom stereocenters. The third-order valence-electron chi connectivity index (χ3n) is 2.94. The zero-order valence-electron chi connectivity index (χ0n) is 11.0. The number of aryl methyl sites for hydroxylation is 1. The maximum atomic E-state index is 12.0. The van der Waals surface area contributed by atoms with Crippen LogP contribution in [-0.4, -0.2) is 10.5 Å². The molecule has 0 bridgehead atoms. The van der Waals surface area contributed by atoms with Crippen LogP contribution in [0.4, 0.5) is 5.69 Å². The Morgan fingerprint density at radius 3 is 2.45 bits per heavy atom. The van der Waals surface area contributed by atoms with E-state index in [1.165, 1.54) is 0 Å². The lowest BCUT2D eigenvalue weighted by Crippen LogP contribution is -3.00. The van der Waals surface area contributed by atoms with E-state index >= 15 is 0 Å². The molecule has 0 saturated heterocycles. The molecule has 4 nitrogen and oxygen atoms in total. The Hall–Kier alpha value is -1.23. The normalized spacial score (nSPS) is 10.0. The summed E-state index contributed by atoms with van der Waals surface area (Å²) in [6, 6.07) is 5.10. The SMILES string of the molecule is Cc1n(CC(=O)Nc2c(Cl)cccc2Cl)cc[n+]1C.[Cl-]. The summed E-state index contributed by atoms with van der Waals surface area (Å²) in [7, 11) is 1.93. The molecule has 0 radical (unpaired) electrons. The minimum absolute atomic E-state index is 0. The van der Waals surface area contributed by atoms with Gasteiger partial charge in [-0.1, -0.05) is 29.3 Å². The summed E-state index contributed by atoms with van der Waals surface area (Å²) < 4.78 is 3.79. The van der Waals surface area contributed by atoms with Gasteiger partial charge in [-0.2, -0.15) is 0 Å². The standard InChI is InChI=1S/C13H13Cl2N3O.ClH/c1-9-17(2)6-7-18(9)8-12(19)16-13-10(14)4-3-5-11(13)15;/h3-7H,8H2,1-2H3;1H. The number of carbonyl (C=O) groups is 1. The minimum atomic E-state index is -0.172. The molecule has 1 aromatic heterocycles. The van der Waals surface area contributed by atoms with Crippen molar-refractivity contribution in [2.24, 2.45) is 7.05 Å². The Morgan fingerprint density at radius 1 is 1.35 bits per heavy atom. The lowest BCUT2D eigenvalue weighted by Gasteiger charge is -2.08. The molecule has 2 rings (SSSR count). The first kappa shape index (κ1) is 16.8. The molecule has 1 heterocycles. The van der Waals surface area contributed by atoms with Crippen LogP contribution >= 0.6 is 23.2 Å². The Labute approximate surface area is 133 Å². The van der Waals surface area contributed by atoms with E-state index < -0.39 is 0 Å². The van der Waals surface area contributed by atoms with E-state index in [1.807, 2.05) is 35.5 Å². The van der Waals surface area contributed by atoms with Gasteiger partial charge < -0.3 is 17.7 Å². The monoisotopic (exact) mass is 333 g/mol.